The van der Waals surface area contributed by atoms with Gasteiger partial charge in [-0.2, -0.15) is 0 Å². The van der Waals surface area contributed by atoms with Gasteiger partial charge >= 0.3 is 0 Å². The number of hydrogen-bond acceptors (Lipinski definition) is 2. The summed E-state index contributed by atoms with van der Waals surface area (Å²) >= 11 is 1.85. The molecule has 0 N–H and O–H groups in total. The first-order valence-electron chi connectivity index (χ1n) is 18.3. The van der Waals surface area contributed by atoms with Crippen molar-refractivity contribution in [1.82, 2.24) is 9.55 Å². The van der Waals surface area contributed by atoms with E-state index in [1.165, 1.54) is 69.8 Å². The number of nitrogens with zero attached hydrogens (tertiary/aromatic N) is 2. The molecule has 0 atom stereocenters. The monoisotopic (exact) mass is 694 g/mol. The second kappa shape index (κ2) is 11.4. The second-order valence-corrected chi connectivity index (χ2v) is 15.8. The Morgan fingerprint density at radius 2 is 1.13 bits per heavy atom. The lowest BCUT2D eigenvalue weighted by Crippen LogP contribution is -2.15. The number of thiophene rings is 1. The van der Waals surface area contributed by atoms with Crippen LogP contribution in [-0.2, 0) is 5.41 Å². The fraction of sp³-hybridized carbons (Fsp3) is 0.0600. The summed E-state index contributed by atoms with van der Waals surface area (Å²) in [7, 11) is 0. The lowest BCUT2D eigenvalue weighted by atomic mass is 9.82. The molecule has 3 heteroatoms. The largest absolute Gasteiger partial charge is 0.294 e. The summed E-state index contributed by atoms with van der Waals surface area (Å²) in [6.07, 6.45) is 0. The van der Waals surface area contributed by atoms with Gasteiger partial charge in [-0.15, -0.1) is 11.3 Å². The summed E-state index contributed by atoms with van der Waals surface area (Å²) in [5.74, 6) is 0.915. The molecule has 0 saturated heterocycles. The van der Waals surface area contributed by atoms with E-state index in [2.05, 4.69) is 188 Å². The fourth-order valence-electron chi connectivity index (χ4n) is 8.84. The Balaban J connectivity index is 1.22. The number of para-hydroxylation sites is 1. The van der Waals surface area contributed by atoms with Crippen LogP contribution >= 0.6 is 11.3 Å². The van der Waals surface area contributed by atoms with Gasteiger partial charge in [0.15, 0.2) is 0 Å². The van der Waals surface area contributed by atoms with Gasteiger partial charge in [-0.05, 0) is 93.0 Å². The molecular weight excluding hydrogens is 661 g/mol. The van der Waals surface area contributed by atoms with Gasteiger partial charge < -0.3 is 0 Å². The Kier molecular flexibility index (Phi) is 6.50. The lowest BCUT2D eigenvalue weighted by molar-refractivity contribution is 0.661. The van der Waals surface area contributed by atoms with Gasteiger partial charge in [-0.25, -0.2) is 4.98 Å². The minimum atomic E-state index is -0.116. The van der Waals surface area contributed by atoms with E-state index in [4.69, 9.17) is 4.98 Å². The predicted octanol–water partition coefficient (Wildman–Crippen LogP) is 13.9. The number of benzene rings is 7. The average molecular weight is 695 g/mol. The van der Waals surface area contributed by atoms with Crippen molar-refractivity contribution < 1.29 is 0 Å². The third-order valence-electron chi connectivity index (χ3n) is 11.4. The van der Waals surface area contributed by atoms with Crippen LogP contribution in [0.5, 0.6) is 0 Å². The molecule has 250 valence electrons. The van der Waals surface area contributed by atoms with Crippen molar-refractivity contribution in [2.75, 3.05) is 0 Å². The highest BCUT2D eigenvalue weighted by Gasteiger charge is 2.36. The van der Waals surface area contributed by atoms with E-state index in [-0.39, 0.29) is 5.41 Å². The molecule has 11 rings (SSSR count). The summed E-state index contributed by atoms with van der Waals surface area (Å²) < 4.78 is 4.98. The molecule has 0 aliphatic heterocycles. The van der Waals surface area contributed by atoms with E-state index in [1.807, 2.05) is 11.3 Å². The van der Waals surface area contributed by atoms with Gasteiger partial charge in [0, 0.05) is 41.9 Å². The van der Waals surface area contributed by atoms with Crippen LogP contribution in [0.2, 0.25) is 0 Å². The molecule has 7 aromatic carbocycles. The summed E-state index contributed by atoms with van der Waals surface area (Å²) in [6.45, 7) is 4.72. The first-order chi connectivity index (χ1) is 26.0. The number of fused-ring (bicyclic) bond motifs is 9. The van der Waals surface area contributed by atoms with E-state index >= 15 is 0 Å². The van der Waals surface area contributed by atoms with Crippen LogP contribution in [0.25, 0.3) is 92.4 Å². The molecule has 53 heavy (non-hydrogen) atoms. The molecule has 1 aliphatic rings. The summed E-state index contributed by atoms with van der Waals surface area (Å²) in [5, 5.41) is 5.02. The van der Waals surface area contributed by atoms with Gasteiger partial charge in [0.25, 0.3) is 0 Å². The summed E-state index contributed by atoms with van der Waals surface area (Å²) in [6, 6.07) is 62.2. The Morgan fingerprint density at radius 3 is 2.02 bits per heavy atom. The van der Waals surface area contributed by atoms with Gasteiger partial charge in [0.05, 0.1) is 16.7 Å². The molecule has 3 heterocycles. The molecule has 0 saturated carbocycles. The zero-order valence-corrected chi connectivity index (χ0v) is 30.3. The lowest BCUT2D eigenvalue weighted by Gasteiger charge is -2.21. The first kappa shape index (κ1) is 30.3. The zero-order chi connectivity index (χ0) is 35.3. The van der Waals surface area contributed by atoms with E-state index in [0.717, 1.165) is 33.7 Å². The number of aromatic nitrogens is 2. The maximum absolute atomic E-state index is 5.63. The van der Waals surface area contributed by atoms with Gasteiger partial charge in [-0.3, -0.25) is 4.57 Å². The molecule has 10 aromatic rings. The van der Waals surface area contributed by atoms with Crippen molar-refractivity contribution in [3.05, 3.63) is 181 Å². The maximum Gasteiger partial charge on any atom is 0.138 e. The van der Waals surface area contributed by atoms with Gasteiger partial charge in [0.1, 0.15) is 5.82 Å². The minimum absolute atomic E-state index is 0.116. The maximum atomic E-state index is 5.63. The highest BCUT2D eigenvalue weighted by molar-refractivity contribution is 7.25. The zero-order valence-electron chi connectivity index (χ0n) is 29.5. The van der Waals surface area contributed by atoms with Crippen molar-refractivity contribution in [2.45, 2.75) is 19.3 Å². The van der Waals surface area contributed by atoms with E-state index in [1.54, 1.807) is 0 Å². The van der Waals surface area contributed by atoms with Gasteiger partial charge in [-0.1, -0.05) is 135 Å². The smallest absolute Gasteiger partial charge is 0.138 e. The third kappa shape index (κ3) is 4.54. The fourth-order valence-corrected chi connectivity index (χ4v) is 9.97. The molecule has 0 radical (unpaired) electrons. The standard InChI is InChI=1S/C50H34N2S/c1-50(2)41-22-9-6-18-35(41)39-29-40-36-19-7-10-23-44(36)52(45(40)30-42(39)50)48-28-34(33-17-12-16-32(26-33)31-14-4-3-5-15-31)27-43(51-48)37-21-13-25-47-49(37)38-20-8-11-24-46(38)53-47/h3-30H,1-2H3. The molecule has 0 unspecified atom stereocenters. The quantitative estimate of drug-likeness (QED) is 0.179. The molecule has 3 aromatic heterocycles. The molecule has 0 bridgehead atoms. The molecule has 0 amide bonds. The topological polar surface area (TPSA) is 17.8 Å². The molecule has 2 nitrogen and oxygen atoms in total. The molecule has 0 fully saturated rings. The van der Waals surface area contributed by atoms with Crippen molar-refractivity contribution in [1.29, 1.82) is 0 Å². The Hall–Kier alpha value is -6.29. The van der Waals surface area contributed by atoms with Crippen LogP contribution in [-0.4, -0.2) is 9.55 Å². The minimum Gasteiger partial charge on any atom is -0.294 e. The summed E-state index contributed by atoms with van der Waals surface area (Å²) in [5.41, 5.74) is 14.5. The van der Waals surface area contributed by atoms with E-state index in [0.29, 0.717) is 0 Å². The van der Waals surface area contributed by atoms with Crippen LogP contribution in [0, 0.1) is 0 Å². The molecule has 1 aliphatic carbocycles. The van der Waals surface area contributed by atoms with E-state index < -0.39 is 0 Å². The van der Waals surface area contributed by atoms with E-state index in [9.17, 15) is 0 Å². The highest BCUT2D eigenvalue weighted by atomic mass is 32.1. The Morgan fingerprint density at radius 1 is 0.453 bits per heavy atom. The normalized spacial score (nSPS) is 13.2. The molecule has 0 spiro atoms. The van der Waals surface area contributed by atoms with Crippen molar-refractivity contribution >= 4 is 53.3 Å². The Labute approximate surface area is 312 Å². The highest BCUT2D eigenvalue weighted by Crippen LogP contribution is 2.51. The molecular formula is C50H34N2S. The van der Waals surface area contributed by atoms with Crippen molar-refractivity contribution in [3.63, 3.8) is 0 Å². The van der Waals surface area contributed by atoms with Crippen LogP contribution < -0.4 is 0 Å². The average Bonchev–Trinajstić information content (AvgIpc) is 3.83. The number of pyridine rings is 1. The number of rotatable bonds is 4. The van der Waals surface area contributed by atoms with Crippen molar-refractivity contribution in [2.24, 2.45) is 0 Å². The number of hydrogen-bond donors (Lipinski definition) is 0. The van der Waals surface area contributed by atoms with Gasteiger partial charge in [0.2, 0.25) is 0 Å². The second-order valence-electron chi connectivity index (χ2n) is 14.8. The first-order valence-corrected chi connectivity index (χ1v) is 19.1. The SMILES string of the molecule is CC1(C)c2ccccc2-c2cc3c4ccccc4n(-c4cc(-c5cccc(-c6ccccc6)c5)cc(-c5cccc6sc7ccccc7c56)n4)c3cc21. The van der Waals surface area contributed by atoms with Crippen LogP contribution in [0.15, 0.2) is 170 Å². The van der Waals surface area contributed by atoms with Crippen LogP contribution in [0.3, 0.4) is 0 Å². The Bertz CT molecular complexity index is 3090. The van der Waals surface area contributed by atoms with Crippen LogP contribution in [0.4, 0.5) is 0 Å². The summed E-state index contributed by atoms with van der Waals surface area (Å²) in [4.78, 5) is 5.63. The predicted molar refractivity (Wildman–Crippen MR) is 225 cm³/mol. The third-order valence-corrected chi connectivity index (χ3v) is 12.5. The van der Waals surface area contributed by atoms with Crippen LogP contribution in [0.1, 0.15) is 25.0 Å². The van der Waals surface area contributed by atoms with Crippen molar-refractivity contribution in [3.8, 4) is 50.5 Å².